The van der Waals surface area contributed by atoms with Crippen LogP contribution in [0.25, 0.3) is 10.8 Å². The summed E-state index contributed by atoms with van der Waals surface area (Å²) in [5.41, 5.74) is 7.14. The number of fused-ring (bicyclic) bond motifs is 1. The van der Waals surface area contributed by atoms with E-state index in [1.54, 1.807) is 6.07 Å². The van der Waals surface area contributed by atoms with Gasteiger partial charge in [0.05, 0.1) is 16.3 Å². The van der Waals surface area contributed by atoms with Crippen LogP contribution in [0.4, 0.5) is 22.7 Å². The first-order chi connectivity index (χ1) is 13.6. The van der Waals surface area contributed by atoms with Crippen molar-refractivity contribution in [3.8, 4) is 0 Å². The maximum Gasteiger partial charge on any atom is 1.00 e. The van der Waals surface area contributed by atoms with E-state index in [2.05, 4.69) is 15.5 Å². The normalized spacial score (nSPS) is 10.9. The third kappa shape index (κ3) is 6.82. The maximum absolute atomic E-state index is 11.3. The van der Waals surface area contributed by atoms with Crippen LogP contribution in [0.5, 0.6) is 0 Å². The van der Waals surface area contributed by atoms with Crippen LogP contribution in [-0.4, -0.2) is 24.8 Å². The Morgan fingerprint density at radius 1 is 0.903 bits per heavy atom. The first-order valence-corrected chi connectivity index (χ1v) is 9.38. The molecule has 0 saturated heterocycles. The first-order valence-electron chi connectivity index (χ1n) is 7.97. The van der Waals surface area contributed by atoms with Gasteiger partial charge in [0.25, 0.3) is 5.91 Å². The number of benzene rings is 3. The summed E-state index contributed by atoms with van der Waals surface area (Å²) in [6, 6.07) is 12.6. The van der Waals surface area contributed by atoms with Crippen molar-refractivity contribution < 1.29 is 86.8 Å². The molecule has 31 heavy (non-hydrogen) atoms. The Bertz CT molecular complexity index is 1260. The second kappa shape index (κ2) is 11.2. The third-order valence-corrected chi connectivity index (χ3v) is 4.70. The number of anilines is 2. The summed E-state index contributed by atoms with van der Waals surface area (Å²) >= 11 is 0. The smallest absolute Gasteiger partial charge is 0.744 e. The molecule has 3 rings (SSSR count). The Morgan fingerprint density at radius 3 is 2.13 bits per heavy atom. The average molecular weight is 458 g/mol. The number of hydrogen-bond acceptors (Lipinski definition) is 9. The maximum atomic E-state index is 11.3. The van der Waals surface area contributed by atoms with Crippen molar-refractivity contribution in [1.29, 1.82) is 0 Å². The van der Waals surface area contributed by atoms with Gasteiger partial charge in [0.2, 0.25) is 0 Å². The van der Waals surface area contributed by atoms with Gasteiger partial charge in [-0.25, -0.2) is 8.42 Å². The Balaban J connectivity index is 0.00000240. The molecule has 0 saturated carbocycles. The van der Waals surface area contributed by atoms with Crippen LogP contribution in [-0.2, 0) is 19.7 Å². The van der Waals surface area contributed by atoms with Gasteiger partial charge in [0.1, 0.15) is 16.1 Å². The number of nitrogens with zero attached hydrogens (tertiary/aromatic N) is 2. The number of carbonyl (C=O) groups is 2. The molecule has 0 fully saturated rings. The first kappa shape index (κ1) is 27.2. The zero-order chi connectivity index (χ0) is 21.2. The van der Waals surface area contributed by atoms with Crippen LogP contribution >= 0.6 is 0 Å². The van der Waals surface area contributed by atoms with E-state index in [0.29, 0.717) is 22.1 Å². The largest absolute Gasteiger partial charge is 1.00 e. The number of carbonyl (C=O) groups excluding carboxylic acids is 2. The minimum atomic E-state index is -4.66. The van der Waals surface area contributed by atoms with Gasteiger partial charge in [-0.1, -0.05) is 6.07 Å². The van der Waals surface area contributed by atoms with Crippen LogP contribution < -0.4 is 75.3 Å². The van der Waals surface area contributed by atoms with Crippen LogP contribution in [0.2, 0.25) is 0 Å². The molecule has 148 valence electrons. The van der Waals surface area contributed by atoms with Crippen molar-refractivity contribution in [3.05, 3.63) is 54.6 Å². The predicted molar refractivity (Wildman–Crippen MR) is 101 cm³/mol. The molecule has 0 heterocycles. The molecule has 3 aromatic carbocycles. The number of aliphatic carboxylic acids is 1. The Morgan fingerprint density at radius 2 is 1.55 bits per heavy atom. The third-order valence-electron chi connectivity index (χ3n) is 3.87. The van der Waals surface area contributed by atoms with E-state index in [0.717, 1.165) is 0 Å². The van der Waals surface area contributed by atoms with E-state index < -0.39 is 26.9 Å². The number of nitrogen functional groups attached to an aromatic ring is 1. The van der Waals surface area contributed by atoms with Crippen LogP contribution in [0, 0.1) is 0 Å². The average Bonchev–Trinajstić information content (AvgIpc) is 2.67. The molecule has 0 radical (unpaired) electrons. The summed E-state index contributed by atoms with van der Waals surface area (Å²) in [5.74, 6) is -3.14. The van der Waals surface area contributed by atoms with Gasteiger partial charge in [-0.2, -0.15) is 5.11 Å². The zero-order valence-electron chi connectivity index (χ0n) is 16.5. The van der Waals surface area contributed by atoms with Crippen LogP contribution in [0.1, 0.15) is 0 Å². The van der Waals surface area contributed by atoms with Gasteiger partial charge in [0.15, 0.2) is 0 Å². The van der Waals surface area contributed by atoms with Gasteiger partial charge in [-0.3, -0.25) is 4.79 Å². The fraction of sp³-hybridized carbons (Fsp3) is 0. The predicted octanol–water partition coefficient (Wildman–Crippen LogP) is -4.56. The summed E-state index contributed by atoms with van der Waals surface area (Å²) in [4.78, 5) is 21.1. The molecule has 0 aliphatic heterocycles. The molecular formula is C18H12N4Na2O6S. The molecular weight excluding hydrogens is 446 g/mol. The number of carboxylic acids is 1. The van der Waals surface area contributed by atoms with E-state index in [-0.39, 0.29) is 70.5 Å². The molecule has 10 nitrogen and oxygen atoms in total. The molecule has 0 bridgehead atoms. The fourth-order valence-corrected chi connectivity index (χ4v) is 2.98. The van der Waals surface area contributed by atoms with E-state index in [1.165, 1.54) is 48.5 Å². The van der Waals surface area contributed by atoms with Crippen LogP contribution in [0.15, 0.2) is 69.7 Å². The van der Waals surface area contributed by atoms with Crippen molar-refractivity contribution in [2.24, 2.45) is 10.2 Å². The minimum Gasteiger partial charge on any atom is -0.744 e. The molecule has 0 unspecified atom stereocenters. The van der Waals surface area contributed by atoms with Crippen molar-refractivity contribution in [2.45, 2.75) is 4.90 Å². The van der Waals surface area contributed by atoms with Gasteiger partial charge in [0, 0.05) is 22.1 Å². The molecule has 3 N–H and O–H groups in total. The Hall–Kier alpha value is -1.83. The zero-order valence-corrected chi connectivity index (χ0v) is 21.3. The molecule has 3 aromatic rings. The molecule has 0 aromatic heterocycles. The topological polar surface area (TPSA) is 177 Å². The van der Waals surface area contributed by atoms with Gasteiger partial charge < -0.3 is 25.5 Å². The number of nitrogens with one attached hydrogen (secondary N) is 1. The summed E-state index contributed by atoms with van der Waals surface area (Å²) in [6.45, 7) is 0. The van der Waals surface area contributed by atoms with Crippen molar-refractivity contribution in [3.63, 3.8) is 0 Å². The number of carboxylic acid groups (broad SMARTS) is 1. The van der Waals surface area contributed by atoms with E-state index in [9.17, 15) is 27.7 Å². The van der Waals surface area contributed by atoms with Gasteiger partial charge in [-0.15, -0.1) is 5.11 Å². The van der Waals surface area contributed by atoms with Crippen LogP contribution in [0.3, 0.4) is 0 Å². The van der Waals surface area contributed by atoms with E-state index in [4.69, 9.17) is 5.73 Å². The molecule has 0 spiro atoms. The second-order valence-corrected chi connectivity index (χ2v) is 7.20. The number of hydrogen-bond donors (Lipinski definition) is 2. The number of amides is 1. The monoisotopic (exact) mass is 458 g/mol. The number of rotatable bonds is 4. The van der Waals surface area contributed by atoms with Gasteiger partial charge in [-0.05, 0) is 48.5 Å². The number of azo groups is 1. The standard InChI is InChI=1S/C18H14N4O6S.2Na/c19-15-7-8-16(14-9-12(29(26,27)28)5-6-13(14)15)22-21-11-3-1-10(2-4-11)20-17(23)18(24)25;;/h1-9H,19H2,(H,20,23)(H,24,25)(H,26,27,28);;/q;2*+1/p-2. The van der Waals surface area contributed by atoms with Crippen molar-refractivity contribution in [2.75, 3.05) is 11.1 Å². The fourth-order valence-electron chi connectivity index (χ4n) is 2.48. The second-order valence-electron chi connectivity index (χ2n) is 5.82. The number of nitrogens with two attached hydrogens (primary N) is 1. The molecule has 0 aliphatic rings. The molecule has 0 aliphatic carbocycles. The molecule has 0 atom stereocenters. The van der Waals surface area contributed by atoms with E-state index in [1.807, 2.05) is 0 Å². The summed E-state index contributed by atoms with van der Waals surface area (Å²) in [5, 5.41) is 21.5. The summed E-state index contributed by atoms with van der Waals surface area (Å²) in [6.07, 6.45) is 0. The SMILES string of the molecule is Nc1ccc(N=Nc2ccc(NC(=O)C(=O)[O-])cc2)c2cc(S(=O)(=O)[O-])ccc12.[Na+].[Na+]. The minimum absolute atomic E-state index is 0. The Kier molecular flexibility index (Phi) is 9.79. The van der Waals surface area contributed by atoms with Crippen molar-refractivity contribution >= 4 is 55.5 Å². The summed E-state index contributed by atoms with van der Waals surface area (Å²) < 4.78 is 33.9. The quantitative estimate of drug-likeness (QED) is 0.130. The van der Waals surface area contributed by atoms with Gasteiger partial charge >= 0.3 is 59.1 Å². The van der Waals surface area contributed by atoms with E-state index >= 15 is 0 Å². The summed E-state index contributed by atoms with van der Waals surface area (Å²) in [7, 11) is -4.66. The molecule has 13 heteroatoms. The molecule has 1 amide bonds. The van der Waals surface area contributed by atoms with Crippen molar-refractivity contribution in [1.82, 2.24) is 0 Å². The Labute approximate surface area is 221 Å².